The van der Waals surface area contributed by atoms with Crippen molar-refractivity contribution in [3.63, 3.8) is 0 Å². The topological polar surface area (TPSA) is 34.1 Å². The second-order valence-electron chi connectivity index (χ2n) is 2.69. The highest BCUT2D eigenvalue weighted by Crippen LogP contribution is 2.29. The smallest absolute Gasteiger partial charge is 0.232 e. The number of alkyl halides is 3. The molecule has 2 nitrogen and oxygen atoms in total. The van der Waals surface area contributed by atoms with Crippen molar-refractivity contribution in [2.75, 3.05) is 0 Å². The van der Waals surface area contributed by atoms with Gasteiger partial charge in [0.15, 0.2) is 0 Å². The highest BCUT2D eigenvalue weighted by molar-refractivity contribution is 7.71. The maximum atomic E-state index is 12.2. The monoisotopic (exact) mass is 224 g/mol. The molecule has 1 aromatic rings. The highest BCUT2D eigenvalue weighted by atomic mass is 32.2. The number of thiol groups is 1. The Bertz CT molecular complexity index is 388. The zero-order chi connectivity index (χ0) is 10.8. The molecule has 0 unspecified atom stereocenters. The Balaban J connectivity index is 3.01. The second kappa shape index (κ2) is 4.00. The van der Waals surface area contributed by atoms with Crippen molar-refractivity contribution in [3.8, 4) is 0 Å². The van der Waals surface area contributed by atoms with Gasteiger partial charge in [0.05, 0.1) is 11.3 Å². The lowest BCUT2D eigenvalue weighted by Crippen LogP contribution is -2.05. The van der Waals surface area contributed by atoms with Gasteiger partial charge in [0.25, 0.3) is 0 Å². The third-order valence-electron chi connectivity index (χ3n) is 1.57. The van der Waals surface area contributed by atoms with E-state index in [0.717, 1.165) is 12.1 Å². The molecular weight excluding hydrogens is 217 g/mol. The van der Waals surface area contributed by atoms with Crippen molar-refractivity contribution in [2.24, 2.45) is 0 Å². The lowest BCUT2D eigenvalue weighted by molar-refractivity contribution is -0.137. The molecule has 78 valence electrons. The van der Waals surface area contributed by atoms with Gasteiger partial charge in [-0.2, -0.15) is 13.2 Å². The summed E-state index contributed by atoms with van der Waals surface area (Å²) in [5, 5.41) is 0. The van der Waals surface area contributed by atoms with E-state index in [4.69, 9.17) is 0 Å². The minimum atomic E-state index is -4.43. The van der Waals surface area contributed by atoms with Crippen LogP contribution in [0.25, 0.3) is 0 Å². The second-order valence-corrected chi connectivity index (χ2v) is 3.67. The molecule has 0 fully saturated rings. The molecule has 0 aliphatic carbocycles. The summed E-state index contributed by atoms with van der Waals surface area (Å²) in [6.07, 6.45) is -4.43. The first kappa shape index (κ1) is 11.0. The van der Waals surface area contributed by atoms with Crippen molar-refractivity contribution < 1.29 is 21.6 Å². The standard InChI is InChI=1S/C8H7F3O2S/c9-8(10,11)7-3-1-2-6(4-7)5-14(12)13/h1-4,14H,5H2. The summed E-state index contributed by atoms with van der Waals surface area (Å²) >= 11 is 0. The average Bonchev–Trinajstić information content (AvgIpc) is 2.01. The fourth-order valence-electron chi connectivity index (χ4n) is 0.995. The molecule has 1 aromatic carbocycles. The van der Waals surface area contributed by atoms with Gasteiger partial charge < -0.3 is 0 Å². The van der Waals surface area contributed by atoms with E-state index in [-0.39, 0.29) is 11.3 Å². The maximum Gasteiger partial charge on any atom is 0.416 e. The van der Waals surface area contributed by atoms with Gasteiger partial charge in [-0.1, -0.05) is 18.2 Å². The first-order valence-corrected chi connectivity index (χ1v) is 5.04. The first-order chi connectivity index (χ1) is 6.39. The number of hydrogen-bond donors (Lipinski definition) is 1. The lowest BCUT2D eigenvalue weighted by atomic mass is 10.1. The van der Waals surface area contributed by atoms with E-state index in [1.807, 2.05) is 0 Å². The van der Waals surface area contributed by atoms with E-state index in [2.05, 4.69) is 0 Å². The summed E-state index contributed by atoms with van der Waals surface area (Å²) in [5.74, 6) is -0.362. The van der Waals surface area contributed by atoms with Crippen molar-refractivity contribution in [3.05, 3.63) is 35.4 Å². The Kier molecular flexibility index (Phi) is 3.15. The van der Waals surface area contributed by atoms with Crippen LogP contribution in [0.15, 0.2) is 24.3 Å². The first-order valence-electron chi connectivity index (χ1n) is 3.67. The van der Waals surface area contributed by atoms with Crippen LogP contribution in [-0.4, -0.2) is 8.42 Å². The van der Waals surface area contributed by atoms with Crippen molar-refractivity contribution in [1.82, 2.24) is 0 Å². The molecule has 0 aromatic heterocycles. The van der Waals surface area contributed by atoms with E-state index in [1.54, 1.807) is 0 Å². The van der Waals surface area contributed by atoms with Crippen LogP contribution in [0, 0.1) is 0 Å². The molecule has 0 aliphatic rings. The molecule has 1 rings (SSSR count). The van der Waals surface area contributed by atoms with E-state index >= 15 is 0 Å². The predicted octanol–water partition coefficient (Wildman–Crippen LogP) is 1.82. The van der Waals surface area contributed by atoms with E-state index in [0.29, 0.717) is 0 Å². The molecule has 0 radical (unpaired) electrons. The minimum absolute atomic E-state index is 0.149. The molecule has 0 atom stereocenters. The summed E-state index contributed by atoms with van der Waals surface area (Å²) < 4.78 is 57.0. The Morgan fingerprint density at radius 1 is 1.21 bits per heavy atom. The maximum absolute atomic E-state index is 12.2. The molecule has 14 heavy (non-hydrogen) atoms. The zero-order valence-corrected chi connectivity index (χ0v) is 7.81. The third-order valence-corrected chi connectivity index (χ3v) is 2.19. The van der Waals surface area contributed by atoms with Gasteiger partial charge in [-0.25, -0.2) is 8.42 Å². The van der Waals surface area contributed by atoms with Gasteiger partial charge in [-0.15, -0.1) is 0 Å². The van der Waals surface area contributed by atoms with Crippen molar-refractivity contribution in [2.45, 2.75) is 11.9 Å². The number of hydrogen-bond acceptors (Lipinski definition) is 2. The van der Waals surface area contributed by atoms with Crippen molar-refractivity contribution in [1.29, 1.82) is 0 Å². The van der Waals surface area contributed by atoms with Gasteiger partial charge in [0, 0.05) is 0 Å². The summed E-state index contributed by atoms with van der Waals surface area (Å²) in [6, 6.07) is 4.28. The van der Waals surface area contributed by atoms with Crippen LogP contribution in [0.2, 0.25) is 0 Å². The minimum Gasteiger partial charge on any atom is -0.232 e. The van der Waals surface area contributed by atoms with Crippen LogP contribution in [0.3, 0.4) is 0 Å². The van der Waals surface area contributed by atoms with Crippen LogP contribution >= 0.6 is 0 Å². The highest BCUT2D eigenvalue weighted by Gasteiger charge is 2.30. The van der Waals surface area contributed by atoms with Gasteiger partial charge in [0.2, 0.25) is 0 Å². The fourth-order valence-corrected chi connectivity index (χ4v) is 1.49. The van der Waals surface area contributed by atoms with Crippen LogP contribution in [0.4, 0.5) is 13.2 Å². The molecule has 0 spiro atoms. The molecule has 0 N–H and O–H groups in total. The van der Waals surface area contributed by atoms with Crippen LogP contribution < -0.4 is 0 Å². The van der Waals surface area contributed by atoms with Crippen LogP contribution in [0.1, 0.15) is 11.1 Å². The van der Waals surface area contributed by atoms with E-state index in [9.17, 15) is 21.6 Å². The zero-order valence-electron chi connectivity index (χ0n) is 6.91. The molecule has 6 heteroatoms. The van der Waals surface area contributed by atoms with Crippen molar-refractivity contribution >= 4 is 10.7 Å². The summed E-state index contributed by atoms with van der Waals surface area (Å²) in [6.45, 7) is 0. The molecule has 0 saturated heterocycles. The van der Waals surface area contributed by atoms with E-state index < -0.39 is 22.4 Å². The van der Waals surface area contributed by atoms with E-state index in [1.165, 1.54) is 12.1 Å². The Morgan fingerprint density at radius 3 is 2.36 bits per heavy atom. The average molecular weight is 224 g/mol. The third kappa shape index (κ3) is 3.02. The summed E-state index contributed by atoms with van der Waals surface area (Å²) in [4.78, 5) is 0. The quantitative estimate of drug-likeness (QED) is 0.777. The summed E-state index contributed by atoms with van der Waals surface area (Å²) in [7, 11) is -2.69. The largest absolute Gasteiger partial charge is 0.416 e. The van der Waals surface area contributed by atoms with Gasteiger partial charge >= 0.3 is 6.18 Å². The fraction of sp³-hybridized carbons (Fsp3) is 0.250. The Morgan fingerprint density at radius 2 is 1.86 bits per heavy atom. The molecule has 0 saturated carbocycles. The molecule has 0 bridgehead atoms. The number of rotatable bonds is 2. The van der Waals surface area contributed by atoms with Gasteiger partial charge in [-0.05, 0) is 11.6 Å². The Hall–Kier alpha value is -1.04. The lowest BCUT2D eigenvalue weighted by Gasteiger charge is -2.06. The predicted molar refractivity (Wildman–Crippen MR) is 45.5 cm³/mol. The Labute approximate surface area is 80.3 Å². The SMILES string of the molecule is O=[SH](=O)Cc1cccc(C(F)(F)F)c1. The number of halogens is 3. The van der Waals surface area contributed by atoms with Crippen LogP contribution in [0.5, 0.6) is 0 Å². The molecule has 0 aliphatic heterocycles. The van der Waals surface area contributed by atoms with Gasteiger partial charge in [0.1, 0.15) is 10.7 Å². The van der Waals surface area contributed by atoms with Crippen LogP contribution in [-0.2, 0) is 22.6 Å². The molecular formula is C8H7F3O2S. The molecule has 0 heterocycles. The number of benzene rings is 1. The normalized spacial score (nSPS) is 12.0. The summed E-state index contributed by atoms with van der Waals surface area (Å²) in [5.41, 5.74) is -0.678. The molecule has 0 amide bonds. The van der Waals surface area contributed by atoms with Gasteiger partial charge in [-0.3, -0.25) is 0 Å².